The van der Waals surface area contributed by atoms with Crippen LogP contribution in [0.4, 0.5) is 5.69 Å². The highest BCUT2D eigenvalue weighted by Crippen LogP contribution is 2.30. The number of aliphatic imine (C=N–C) groups is 1. The highest BCUT2D eigenvalue weighted by molar-refractivity contribution is 5.94. The Hall–Kier alpha value is -3.00. The molecule has 1 aromatic carbocycles. The van der Waals surface area contributed by atoms with E-state index in [2.05, 4.69) is 27.1 Å². The maximum atomic E-state index is 11.4. The molecule has 1 amide bonds. The number of carbonyl (C=O) groups is 1. The van der Waals surface area contributed by atoms with Crippen molar-refractivity contribution in [2.75, 3.05) is 32.6 Å². The van der Waals surface area contributed by atoms with E-state index in [4.69, 9.17) is 16.2 Å². The van der Waals surface area contributed by atoms with Crippen LogP contribution < -0.4 is 16.8 Å². The summed E-state index contributed by atoms with van der Waals surface area (Å²) in [6, 6.07) is 8.32. The van der Waals surface area contributed by atoms with Gasteiger partial charge in [0.15, 0.2) is 5.96 Å². The van der Waals surface area contributed by atoms with Crippen LogP contribution in [0.15, 0.2) is 47.4 Å². The molecule has 3 rings (SSSR count). The fourth-order valence-corrected chi connectivity index (χ4v) is 2.95. The van der Waals surface area contributed by atoms with Gasteiger partial charge in [0.05, 0.1) is 18.2 Å². The van der Waals surface area contributed by atoms with Crippen LogP contribution in [-0.2, 0) is 9.53 Å². The number of primary amides is 1. The molecule has 0 spiro atoms. The number of fused-ring (bicyclic) bond motifs is 1. The van der Waals surface area contributed by atoms with Crippen LogP contribution in [0, 0.1) is 0 Å². The van der Waals surface area contributed by atoms with Gasteiger partial charge < -0.3 is 31.0 Å². The first-order chi connectivity index (χ1) is 12.5. The van der Waals surface area contributed by atoms with Crippen LogP contribution >= 0.6 is 0 Å². The molecule has 0 unspecified atom stereocenters. The summed E-state index contributed by atoms with van der Waals surface area (Å²) < 4.78 is 7.73. The van der Waals surface area contributed by atoms with Gasteiger partial charge in [-0.25, -0.2) is 0 Å². The van der Waals surface area contributed by atoms with Crippen LogP contribution in [0.3, 0.4) is 0 Å². The minimum absolute atomic E-state index is 0.262. The number of anilines is 1. The maximum absolute atomic E-state index is 11.4. The van der Waals surface area contributed by atoms with E-state index in [1.54, 1.807) is 19.0 Å². The molecule has 0 saturated carbocycles. The van der Waals surface area contributed by atoms with E-state index in [9.17, 15) is 4.79 Å². The average molecular weight is 356 g/mol. The largest absolute Gasteiger partial charge is 0.379 e. The molecule has 26 heavy (non-hydrogen) atoms. The van der Waals surface area contributed by atoms with Crippen LogP contribution in [-0.4, -0.2) is 48.6 Å². The van der Waals surface area contributed by atoms with E-state index in [0.717, 1.165) is 36.2 Å². The lowest BCUT2D eigenvalue weighted by Crippen LogP contribution is -2.30. The fourth-order valence-electron chi connectivity index (χ4n) is 2.95. The Bertz CT molecular complexity index is 862. The lowest BCUT2D eigenvalue weighted by atomic mass is 10.2. The molecule has 8 nitrogen and oxygen atoms in total. The Labute approximate surface area is 152 Å². The number of hydrogen-bond donors (Lipinski definition) is 3. The molecule has 1 saturated heterocycles. The molecule has 2 aromatic rings. The molecule has 1 aliphatic rings. The summed E-state index contributed by atoms with van der Waals surface area (Å²) in [6.45, 7) is 1.50. The van der Waals surface area contributed by atoms with E-state index in [0.29, 0.717) is 6.04 Å². The smallest absolute Gasteiger partial charge is 0.245 e. The summed E-state index contributed by atoms with van der Waals surface area (Å²) in [7, 11) is 3.54. The van der Waals surface area contributed by atoms with Crippen LogP contribution in [0.5, 0.6) is 0 Å². The van der Waals surface area contributed by atoms with Gasteiger partial charge in [0.25, 0.3) is 0 Å². The number of rotatable bonds is 5. The van der Waals surface area contributed by atoms with Gasteiger partial charge in [-0.15, -0.1) is 0 Å². The van der Waals surface area contributed by atoms with Crippen molar-refractivity contribution >= 4 is 28.5 Å². The Morgan fingerprint density at radius 2 is 2.19 bits per heavy atom. The van der Waals surface area contributed by atoms with Gasteiger partial charge in [0.2, 0.25) is 5.91 Å². The molecule has 0 aliphatic carbocycles. The number of nitrogens with two attached hydrogens (primary N) is 2. The molecule has 0 radical (unpaired) electrons. The molecule has 1 aromatic heterocycles. The molecule has 1 aliphatic heterocycles. The molecule has 138 valence electrons. The number of nitrogens with one attached hydrogen (secondary N) is 1. The zero-order valence-corrected chi connectivity index (χ0v) is 15.0. The van der Waals surface area contributed by atoms with E-state index < -0.39 is 5.91 Å². The van der Waals surface area contributed by atoms with Crippen molar-refractivity contribution < 1.29 is 9.53 Å². The van der Waals surface area contributed by atoms with E-state index in [-0.39, 0.29) is 11.8 Å². The van der Waals surface area contributed by atoms with Crippen molar-refractivity contribution in [3.63, 3.8) is 0 Å². The lowest BCUT2D eigenvalue weighted by Gasteiger charge is -2.15. The Morgan fingerprint density at radius 1 is 1.38 bits per heavy atom. The number of aromatic nitrogens is 1. The second kappa shape index (κ2) is 7.49. The Kier molecular flexibility index (Phi) is 5.13. The third kappa shape index (κ3) is 3.80. The number of amides is 1. The normalized spacial score (nSPS) is 18.3. The quantitative estimate of drug-likeness (QED) is 0.424. The van der Waals surface area contributed by atoms with Gasteiger partial charge in [0.1, 0.15) is 5.82 Å². The van der Waals surface area contributed by atoms with Gasteiger partial charge >= 0.3 is 0 Å². The zero-order chi connectivity index (χ0) is 18.7. The molecule has 0 bridgehead atoms. The van der Waals surface area contributed by atoms with Gasteiger partial charge in [0, 0.05) is 44.0 Å². The summed E-state index contributed by atoms with van der Waals surface area (Å²) >= 11 is 0. The van der Waals surface area contributed by atoms with Crippen LogP contribution in [0.1, 0.15) is 12.5 Å². The molecular formula is C18H24N6O2. The number of benzene rings is 1. The first-order valence-corrected chi connectivity index (χ1v) is 8.42. The monoisotopic (exact) mass is 356 g/mol. The van der Waals surface area contributed by atoms with Crippen molar-refractivity contribution in [3.05, 3.63) is 42.4 Å². The molecule has 1 atom stereocenters. The maximum Gasteiger partial charge on any atom is 0.245 e. The second-order valence-electron chi connectivity index (χ2n) is 6.40. The topological polar surface area (TPSA) is 111 Å². The van der Waals surface area contributed by atoms with Gasteiger partial charge in [-0.2, -0.15) is 4.99 Å². The highest BCUT2D eigenvalue weighted by atomic mass is 16.5. The molecule has 1 fully saturated rings. The third-order valence-corrected chi connectivity index (χ3v) is 4.30. The first-order valence-electron chi connectivity index (χ1n) is 8.42. The molecule has 2 heterocycles. The van der Waals surface area contributed by atoms with E-state index >= 15 is 0 Å². The van der Waals surface area contributed by atoms with Crippen molar-refractivity contribution in [3.8, 4) is 0 Å². The van der Waals surface area contributed by atoms with Crippen molar-refractivity contribution in [1.82, 2.24) is 9.47 Å². The molecular weight excluding hydrogens is 332 g/mol. The summed E-state index contributed by atoms with van der Waals surface area (Å²) in [5.41, 5.74) is 13.1. The Morgan fingerprint density at radius 3 is 2.85 bits per heavy atom. The van der Waals surface area contributed by atoms with Gasteiger partial charge in [-0.3, -0.25) is 4.79 Å². The van der Waals surface area contributed by atoms with Crippen LogP contribution in [0.2, 0.25) is 0 Å². The standard InChI is InChI=1S/C18H24N6O2/c1-23(2)18(20)22-17(10-16(19)25)21-14-4-3-5-15-13(14)6-8-24(15)12-7-9-26-11-12/h3-6,8,10,12,21H,7,9,11H2,1-2H3,(H2,19,25)(H2,20,22)/t12-/m1/s1. The highest BCUT2D eigenvalue weighted by Gasteiger charge is 2.19. The van der Waals surface area contributed by atoms with Crippen molar-refractivity contribution in [2.45, 2.75) is 12.5 Å². The zero-order valence-electron chi connectivity index (χ0n) is 15.0. The minimum atomic E-state index is -0.601. The third-order valence-electron chi connectivity index (χ3n) is 4.30. The lowest BCUT2D eigenvalue weighted by molar-refractivity contribution is -0.113. The number of guanidine groups is 1. The SMILES string of the molecule is CN(C)/C(N)=N/C(=CC(N)=O)Nc1cccc2c1ccn2[C@@H]1CCOC1. The second-order valence-corrected chi connectivity index (χ2v) is 6.40. The summed E-state index contributed by atoms with van der Waals surface area (Å²) in [5.74, 6) is -0.0540. The van der Waals surface area contributed by atoms with Crippen molar-refractivity contribution in [2.24, 2.45) is 16.5 Å². The number of carbonyl (C=O) groups excluding carboxylic acids is 1. The summed E-state index contributed by atoms with van der Waals surface area (Å²) in [6.07, 6.45) is 4.28. The van der Waals surface area contributed by atoms with Crippen LogP contribution in [0.25, 0.3) is 10.9 Å². The Balaban J connectivity index is 1.96. The number of hydrogen-bond acceptors (Lipinski definition) is 4. The molecule has 5 N–H and O–H groups in total. The first kappa shape index (κ1) is 17.8. The van der Waals surface area contributed by atoms with E-state index in [1.807, 2.05) is 18.2 Å². The predicted molar refractivity (Wildman–Crippen MR) is 103 cm³/mol. The van der Waals surface area contributed by atoms with Gasteiger partial charge in [-0.1, -0.05) is 6.07 Å². The minimum Gasteiger partial charge on any atom is -0.379 e. The summed E-state index contributed by atoms with van der Waals surface area (Å²) in [4.78, 5) is 17.2. The fraction of sp³-hybridized carbons (Fsp3) is 0.333. The predicted octanol–water partition coefficient (Wildman–Crippen LogP) is 1.22. The molecule has 8 heteroatoms. The summed E-state index contributed by atoms with van der Waals surface area (Å²) in [5, 5.41) is 4.19. The van der Waals surface area contributed by atoms with Gasteiger partial charge in [-0.05, 0) is 24.6 Å². The van der Waals surface area contributed by atoms with E-state index in [1.165, 1.54) is 6.08 Å². The number of ether oxygens (including phenoxy) is 1. The van der Waals surface area contributed by atoms with Crippen molar-refractivity contribution in [1.29, 1.82) is 0 Å². The number of nitrogens with zero attached hydrogens (tertiary/aromatic N) is 3. The average Bonchev–Trinajstić information content (AvgIpc) is 3.23.